The number of hydrogen-bond acceptors (Lipinski definition) is 4. The second-order valence-corrected chi connectivity index (χ2v) is 5.37. The molecular weight excluding hydrogens is 238 g/mol. The Balaban J connectivity index is 1.80. The molecule has 19 heavy (non-hydrogen) atoms. The van der Waals surface area contributed by atoms with Crippen molar-refractivity contribution < 1.29 is 4.52 Å². The van der Waals surface area contributed by atoms with E-state index in [0.29, 0.717) is 11.9 Å². The summed E-state index contributed by atoms with van der Waals surface area (Å²) in [6, 6.07) is 8.72. The lowest BCUT2D eigenvalue weighted by Crippen LogP contribution is -2.13. The van der Waals surface area contributed by atoms with Crippen LogP contribution < -0.4 is 4.90 Å². The number of hydrogen-bond donors (Lipinski definition) is 0. The lowest BCUT2D eigenvalue weighted by molar-refractivity contribution is 0.362. The van der Waals surface area contributed by atoms with E-state index in [2.05, 4.69) is 34.4 Å². The van der Waals surface area contributed by atoms with Crippen LogP contribution in [0.4, 0.5) is 5.95 Å². The van der Waals surface area contributed by atoms with Gasteiger partial charge in [-0.15, -0.1) is 0 Å². The Labute approximate surface area is 113 Å². The van der Waals surface area contributed by atoms with E-state index in [-0.39, 0.29) is 0 Å². The van der Waals surface area contributed by atoms with Gasteiger partial charge >= 0.3 is 0 Å². The molecule has 0 unspecified atom stereocenters. The fourth-order valence-electron chi connectivity index (χ4n) is 2.79. The topological polar surface area (TPSA) is 42.2 Å². The van der Waals surface area contributed by atoms with Gasteiger partial charge in [0.2, 0.25) is 5.89 Å². The SMILES string of the molecule is CN(C)c1noc(C[C@H]2CCCc3ccccc32)n1. The highest BCUT2D eigenvalue weighted by Gasteiger charge is 2.22. The van der Waals surface area contributed by atoms with Gasteiger partial charge in [0.05, 0.1) is 0 Å². The van der Waals surface area contributed by atoms with Crippen molar-refractivity contribution >= 4 is 5.95 Å². The Morgan fingerprint density at radius 2 is 2.16 bits per heavy atom. The molecular formula is C15H19N3O. The zero-order valence-corrected chi connectivity index (χ0v) is 11.5. The Hall–Kier alpha value is -1.84. The molecule has 2 aromatic rings. The zero-order chi connectivity index (χ0) is 13.2. The molecule has 1 heterocycles. The summed E-state index contributed by atoms with van der Waals surface area (Å²) in [4.78, 5) is 6.29. The van der Waals surface area contributed by atoms with Crippen LogP contribution in [0.5, 0.6) is 0 Å². The minimum atomic E-state index is 0.514. The number of aryl methyl sites for hydroxylation is 1. The molecule has 4 heteroatoms. The van der Waals surface area contributed by atoms with E-state index in [9.17, 15) is 0 Å². The molecule has 0 amide bonds. The Kier molecular flexibility index (Phi) is 3.23. The minimum Gasteiger partial charge on any atom is -0.344 e. The second kappa shape index (κ2) is 5.03. The summed E-state index contributed by atoms with van der Waals surface area (Å²) >= 11 is 0. The van der Waals surface area contributed by atoms with Crippen LogP contribution in [0.1, 0.15) is 35.8 Å². The molecule has 1 aliphatic carbocycles. The number of rotatable bonds is 3. The van der Waals surface area contributed by atoms with Gasteiger partial charge in [-0.25, -0.2) is 0 Å². The first-order valence-corrected chi connectivity index (χ1v) is 6.82. The van der Waals surface area contributed by atoms with E-state index in [0.717, 1.165) is 12.3 Å². The van der Waals surface area contributed by atoms with Gasteiger partial charge in [0, 0.05) is 20.5 Å². The number of aromatic nitrogens is 2. The summed E-state index contributed by atoms with van der Waals surface area (Å²) in [6.45, 7) is 0. The molecule has 0 radical (unpaired) electrons. The summed E-state index contributed by atoms with van der Waals surface area (Å²) in [7, 11) is 3.84. The van der Waals surface area contributed by atoms with Gasteiger partial charge in [-0.3, -0.25) is 0 Å². The number of fused-ring (bicyclic) bond motifs is 1. The van der Waals surface area contributed by atoms with Crippen LogP contribution in [0, 0.1) is 0 Å². The van der Waals surface area contributed by atoms with Gasteiger partial charge in [-0.1, -0.05) is 24.3 Å². The highest BCUT2D eigenvalue weighted by atomic mass is 16.5. The number of anilines is 1. The first-order chi connectivity index (χ1) is 9.24. The van der Waals surface area contributed by atoms with Gasteiger partial charge in [0.25, 0.3) is 5.95 Å². The summed E-state index contributed by atoms with van der Waals surface area (Å²) in [6.07, 6.45) is 4.49. The molecule has 0 spiro atoms. The standard InChI is InChI=1S/C15H19N3O/c1-18(2)15-16-14(19-17-15)10-12-8-5-7-11-6-3-4-9-13(11)12/h3-4,6,9,12H,5,7-8,10H2,1-2H3/t12-/m1/s1. The lowest BCUT2D eigenvalue weighted by Gasteiger charge is -2.24. The van der Waals surface area contributed by atoms with Crippen molar-refractivity contribution in [2.75, 3.05) is 19.0 Å². The molecule has 0 aliphatic heterocycles. The monoisotopic (exact) mass is 257 g/mol. The van der Waals surface area contributed by atoms with Crippen molar-refractivity contribution in [2.24, 2.45) is 0 Å². The Morgan fingerprint density at radius 3 is 2.95 bits per heavy atom. The molecule has 1 aromatic carbocycles. The quantitative estimate of drug-likeness (QED) is 0.848. The van der Waals surface area contributed by atoms with E-state index in [1.807, 2.05) is 19.0 Å². The number of nitrogens with zero attached hydrogens (tertiary/aromatic N) is 3. The smallest absolute Gasteiger partial charge is 0.265 e. The third kappa shape index (κ3) is 2.48. The molecule has 1 atom stereocenters. The first kappa shape index (κ1) is 12.2. The summed E-state index contributed by atoms with van der Waals surface area (Å²) in [5.74, 6) is 1.91. The predicted molar refractivity (Wildman–Crippen MR) is 74.5 cm³/mol. The normalized spacial score (nSPS) is 18.1. The van der Waals surface area contributed by atoms with Gasteiger partial charge in [-0.2, -0.15) is 4.98 Å². The van der Waals surface area contributed by atoms with Crippen molar-refractivity contribution in [3.63, 3.8) is 0 Å². The predicted octanol–water partition coefficient (Wildman–Crippen LogP) is 2.80. The largest absolute Gasteiger partial charge is 0.344 e. The Bertz CT molecular complexity index is 562. The van der Waals surface area contributed by atoms with Gasteiger partial charge < -0.3 is 9.42 Å². The van der Waals surface area contributed by atoms with Crippen molar-refractivity contribution in [1.29, 1.82) is 0 Å². The second-order valence-electron chi connectivity index (χ2n) is 5.37. The van der Waals surface area contributed by atoms with Crippen LogP contribution >= 0.6 is 0 Å². The van der Waals surface area contributed by atoms with E-state index in [1.54, 1.807) is 0 Å². The van der Waals surface area contributed by atoms with Crippen molar-refractivity contribution in [1.82, 2.24) is 10.1 Å². The molecule has 0 saturated heterocycles. The molecule has 0 fully saturated rings. The molecule has 1 aromatic heterocycles. The number of benzene rings is 1. The van der Waals surface area contributed by atoms with Crippen LogP contribution in [0.25, 0.3) is 0 Å². The molecule has 1 aliphatic rings. The van der Waals surface area contributed by atoms with Crippen molar-refractivity contribution in [3.8, 4) is 0 Å². The summed E-state index contributed by atoms with van der Waals surface area (Å²) in [5.41, 5.74) is 2.93. The van der Waals surface area contributed by atoms with Crippen LogP contribution in [0.15, 0.2) is 28.8 Å². The fraction of sp³-hybridized carbons (Fsp3) is 0.467. The van der Waals surface area contributed by atoms with E-state index in [4.69, 9.17) is 4.52 Å². The molecule has 100 valence electrons. The zero-order valence-electron chi connectivity index (χ0n) is 11.5. The molecule has 0 N–H and O–H groups in total. The van der Waals surface area contributed by atoms with Gasteiger partial charge in [0.15, 0.2) is 0 Å². The maximum atomic E-state index is 5.34. The Morgan fingerprint density at radius 1 is 1.32 bits per heavy atom. The summed E-state index contributed by atoms with van der Waals surface area (Å²) < 4.78 is 5.34. The third-order valence-electron chi connectivity index (χ3n) is 3.77. The lowest BCUT2D eigenvalue weighted by atomic mass is 9.81. The maximum absolute atomic E-state index is 5.34. The van der Waals surface area contributed by atoms with Crippen LogP contribution in [0.3, 0.4) is 0 Å². The highest BCUT2D eigenvalue weighted by Crippen LogP contribution is 2.33. The third-order valence-corrected chi connectivity index (χ3v) is 3.77. The fourth-order valence-corrected chi connectivity index (χ4v) is 2.79. The minimum absolute atomic E-state index is 0.514. The first-order valence-electron chi connectivity index (χ1n) is 6.82. The van der Waals surface area contributed by atoms with Crippen LogP contribution in [-0.4, -0.2) is 24.2 Å². The van der Waals surface area contributed by atoms with E-state index in [1.165, 1.54) is 30.4 Å². The molecule has 0 bridgehead atoms. The van der Waals surface area contributed by atoms with Gasteiger partial charge in [0.1, 0.15) is 0 Å². The van der Waals surface area contributed by atoms with Crippen molar-refractivity contribution in [3.05, 3.63) is 41.3 Å². The van der Waals surface area contributed by atoms with E-state index >= 15 is 0 Å². The van der Waals surface area contributed by atoms with E-state index < -0.39 is 0 Å². The molecule has 3 rings (SSSR count). The average molecular weight is 257 g/mol. The van der Waals surface area contributed by atoms with Gasteiger partial charge in [-0.05, 0) is 41.5 Å². The maximum Gasteiger partial charge on any atom is 0.265 e. The van der Waals surface area contributed by atoms with Crippen LogP contribution in [-0.2, 0) is 12.8 Å². The molecule has 0 saturated carbocycles. The molecule has 4 nitrogen and oxygen atoms in total. The average Bonchev–Trinajstić information content (AvgIpc) is 2.88. The van der Waals surface area contributed by atoms with Crippen molar-refractivity contribution in [2.45, 2.75) is 31.6 Å². The summed E-state index contributed by atoms with van der Waals surface area (Å²) in [5, 5.41) is 3.98. The van der Waals surface area contributed by atoms with Crippen LogP contribution in [0.2, 0.25) is 0 Å². The highest BCUT2D eigenvalue weighted by molar-refractivity contribution is 5.33.